The van der Waals surface area contributed by atoms with Crippen molar-refractivity contribution in [3.05, 3.63) is 70.6 Å². The SMILES string of the molecule is CC1(SCCSc2ncccc2C(=O)NCc2cccs2)C=CC=CC1. The molecule has 26 heavy (non-hydrogen) atoms. The van der Waals surface area contributed by atoms with Gasteiger partial charge in [0.15, 0.2) is 0 Å². The Labute approximate surface area is 167 Å². The van der Waals surface area contributed by atoms with Crippen LogP contribution in [0, 0.1) is 0 Å². The Bertz CT molecular complexity index is 786. The first-order valence-corrected chi connectivity index (χ1v) is 11.4. The predicted octanol–water partition coefficient (Wildman–Crippen LogP) is 5.17. The van der Waals surface area contributed by atoms with Crippen molar-refractivity contribution >= 4 is 40.8 Å². The van der Waals surface area contributed by atoms with Crippen molar-refractivity contribution in [3.8, 4) is 0 Å². The zero-order valence-corrected chi connectivity index (χ0v) is 17.1. The molecular weight excluding hydrogens is 380 g/mol. The molecule has 0 saturated heterocycles. The van der Waals surface area contributed by atoms with Gasteiger partial charge in [-0.3, -0.25) is 4.79 Å². The van der Waals surface area contributed by atoms with Gasteiger partial charge in [-0.2, -0.15) is 11.8 Å². The second kappa shape index (κ2) is 9.44. The summed E-state index contributed by atoms with van der Waals surface area (Å²) in [5.74, 6) is 1.89. The molecule has 6 heteroatoms. The summed E-state index contributed by atoms with van der Waals surface area (Å²) in [4.78, 5) is 18.1. The molecular formula is C20H22N2OS3. The predicted molar refractivity (Wildman–Crippen MR) is 114 cm³/mol. The number of allylic oxidation sites excluding steroid dienone is 3. The Kier molecular flexibility index (Phi) is 7.00. The van der Waals surface area contributed by atoms with E-state index in [2.05, 4.69) is 41.5 Å². The lowest BCUT2D eigenvalue weighted by atomic mass is 10.0. The van der Waals surface area contributed by atoms with Crippen LogP contribution in [0.5, 0.6) is 0 Å². The standard InChI is InChI=1S/C20H22N2OS3/c1-20(9-3-2-4-10-20)26-14-13-25-19-17(8-5-11-21-19)18(23)22-15-16-7-6-12-24-16/h2-9,11-12H,10,13-15H2,1H3,(H,22,23). The van der Waals surface area contributed by atoms with Crippen LogP contribution >= 0.6 is 34.9 Å². The Morgan fingerprint density at radius 2 is 2.23 bits per heavy atom. The number of pyridine rings is 1. The number of thiophene rings is 1. The van der Waals surface area contributed by atoms with Crippen molar-refractivity contribution in [3.63, 3.8) is 0 Å². The number of carbonyl (C=O) groups excluding carboxylic acids is 1. The minimum atomic E-state index is -0.0611. The number of nitrogens with zero attached hydrogens (tertiary/aromatic N) is 1. The first-order chi connectivity index (χ1) is 12.7. The molecule has 136 valence electrons. The van der Waals surface area contributed by atoms with Crippen molar-refractivity contribution in [1.82, 2.24) is 10.3 Å². The van der Waals surface area contributed by atoms with Gasteiger partial charge in [0, 0.05) is 27.3 Å². The Morgan fingerprint density at radius 3 is 3.00 bits per heavy atom. The Hall–Kier alpha value is -1.50. The summed E-state index contributed by atoms with van der Waals surface area (Å²) in [7, 11) is 0. The molecule has 0 fully saturated rings. The Morgan fingerprint density at radius 1 is 1.31 bits per heavy atom. The first kappa shape index (κ1) is 19.3. The third-order valence-electron chi connectivity index (χ3n) is 3.99. The smallest absolute Gasteiger partial charge is 0.254 e. The summed E-state index contributed by atoms with van der Waals surface area (Å²) >= 11 is 5.26. The van der Waals surface area contributed by atoms with Gasteiger partial charge < -0.3 is 5.32 Å². The molecule has 1 unspecified atom stereocenters. The fourth-order valence-corrected chi connectivity index (χ4v) is 5.39. The van der Waals surface area contributed by atoms with E-state index in [0.717, 1.165) is 27.8 Å². The molecule has 1 aliphatic rings. The summed E-state index contributed by atoms with van der Waals surface area (Å²) in [6, 6.07) is 7.69. The average Bonchev–Trinajstić information content (AvgIpc) is 3.18. The second-order valence-corrected chi connectivity index (χ2v) is 9.86. The van der Waals surface area contributed by atoms with E-state index in [4.69, 9.17) is 0 Å². The van der Waals surface area contributed by atoms with Crippen LogP contribution in [0.3, 0.4) is 0 Å². The molecule has 2 heterocycles. The van der Waals surface area contributed by atoms with Gasteiger partial charge in [-0.05, 0) is 36.9 Å². The first-order valence-electron chi connectivity index (χ1n) is 8.53. The molecule has 0 spiro atoms. The number of amides is 1. The van der Waals surface area contributed by atoms with Gasteiger partial charge in [0.25, 0.3) is 5.91 Å². The van der Waals surface area contributed by atoms with Gasteiger partial charge in [-0.15, -0.1) is 23.1 Å². The van der Waals surface area contributed by atoms with Crippen molar-refractivity contribution in [1.29, 1.82) is 0 Å². The van der Waals surface area contributed by atoms with Crippen molar-refractivity contribution in [2.45, 2.75) is 29.7 Å². The van der Waals surface area contributed by atoms with Crippen LogP contribution in [-0.2, 0) is 6.54 Å². The molecule has 0 aromatic carbocycles. The van der Waals surface area contributed by atoms with Crippen LogP contribution in [0.15, 0.2) is 65.2 Å². The largest absolute Gasteiger partial charge is 0.347 e. The summed E-state index contributed by atoms with van der Waals surface area (Å²) in [6.45, 7) is 2.83. The van der Waals surface area contributed by atoms with Crippen molar-refractivity contribution in [2.75, 3.05) is 11.5 Å². The van der Waals surface area contributed by atoms with Crippen molar-refractivity contribution < 1.29 is 4.79 Å². The molecule has 2 aromatic rings. The van der Waals surface area contributed by atoms with Gasteiger partial charge in [-0.1, -0.05) is 30.4 Å². The number of hydrogen-bond acceptors (Lipinski definition) is 5. The zero-order valence-electron chi connectivity index (χ0n) is 14.7. The quantitative estimate of drug-likeness (QED) is 0.488. The monoisotopic (exact) mass is 402 g/mol. The zero-order chi connectivity index (χ0) is 18.2. The third-order valence-corrected chi connectivity index (χ3v) is 7.50. The van der Waals surface area contributed by atoms with Gasteiger partial charge in [0.2, 0.25) is 0 Å². The fraction of sp³-hybridized carbons (Fsp3) is 0.300. The van der Waals surface area contributed by atoms with E-state index < -0.39 is 0 Å². The maximum Gasteiger partial charge on any atom is 0.254 e. The van der Waals surface area contributed by atoms with E-state index in [1.807, 2.05) is 41.4 Å². The maximum atomic E-state index is 12.5. The number of nitrogens with one attached hydrogen (secondary N) is 1. The second-order valence-electron chi connectivity index (χ2n) is 6.12. The highest BCUT2D eigenvalue weighted by atomic mass is 32.2. The third kappa shape index (κ3) is 5.50. The van der Waals surface area contributed by atoms with E-state index in [1.54, 1.807) is 29.3 Å². The van der Waals surface area contributed by atoms with E-state index in [0.29, 0.717) is 12.1 Å². The van der Waals surface area contributed by atoms with Crippen LogP contribution in [0.4, 0.5) is 0 Å². The van der Waals surface area contributed by atoms with Crippen LogP contribution < -0.4 is 5.32 Å². The fourth-order valence-electron chi connectivity index (χ4n) is 2.58. The molecule has 1 aliphatic carbocycles. The number of rotatable bonds is 8. The van der Waals surface area contributed by atoms with E-state index in [1.165, 1.54) is 0 Å². The van der Waals surface area contributed by atoms with E-state index >= 15 is 0 Å². The highest BCUT2D eigenvalue weighted by Crippen LogP contribution is 2.34. The minimum Gasteiger partial charge on any atom is -0.347 e. The number of thioether (sulfide) groups is 2. The van der Waals surface area contributed by atoms with E-state index in [9.17, 15) is 4.79 Å². The van der Waals surface area contributed by atoms with Crippen LogP contribution in [-0.4, -0.2) is 27.1 Å². The summed E-state index contributed by atoms with van der Waals surface area (Å²) in [5.41, 5.74) is 0.658. The van der Waals surface area contributed by atoms with Crippen LogP contribution in [0.1, 0.15) is 28.6 Å². The molecule has 3 nitrogen and oxygen atoms in total. The highest BCUT2D eigenvalue weighted by molar-refractivity contribution is 8.03. The highest BCUT2D eigenvalue weighted by Gasteiger charge is 2.21. The lowest BCUT2D eigenvalue weighted by Gasteiger charge is -2.25. The van der Waals surface area contributed by atoms with E-state index in [-0.39, 0.29) is 10.7 Å². The van der Waals surface area contributed by atoms with Crippen molar-refractivity contribution in [2.24, 2.45) is 0 Å². The molecule has 1 amide bonds. The summed E-state index contributed by atoms with van der Waals surface area (Å²) < 4.78 is 0.181. The molecule has 0 radical (unpaired) electrons. The van der Waals surface area contributed by atoms with Crippen LogP contribution in [0.2, 0.25) is 0 Å². The normalized spacial score (nSPS) is 18.8. The number of hydrogen-bond donors (Lipinski definition) is 1. The van der Waals surface area contributed by atoms with Gasteiger partial charge in [0.1, 0.15) is 5.03 Å². The summed E-state index contributed by atoms with van der Waals surface area (Å²) in [5, 5.41) is 5.81. The van der Waals surface area contributed by atoms with Gasteiger partial charge in [-0.25, -0.2) is 4.98 Å². The molecule has 0 saturated carbocycles. The Balaban J connectivity index is 1.51. The molecule has 1 atom stereocenters. The lowest BCUT2D eigenvalue weighted by molar-refractivity contribution is 0.0947. The molecule has 1 N–H and O–H groups in total. The number of aromatic nitrogens is 1. The lowest BCUT2D eigenvalue weighted by Crippen LogP contribution is -2.23. The maximum absolute atomic E-state index is 12.5. The minimum absolute atomic E-state index is 0.0611. The molecule has 0 bridgehead atoms. The number of carbonyl (C=O) groups is 1. The molecule has 3 rings (SSSR count). The summed E-state index contributed by atoms with van der Waals surface area (Å²) in [6.07, 6.45) is 11.5. The van der Waals surface area contributed by atoms with Gasteiger partial charge in [0.05, 0.1) is 12.1 Å². The average molecular weight is 403 g/mol. The topological polar surface area (TPSA) is 42.0 Å². The molecule has 2 aromatic heterocycles. The van der Waals surface area contributed by atoms with Gasteiger partial charge >= 0.3 is 0 Å². The molecule has 0 aliphatic heterocycles. The van der Waals surface area contributed by atoms with Crippen LogP contribution in [0.25, 0.3) is 0 Å².